The highest BCUT2D eigenvalue weighted by molar-refractivity contribution is 5.45. The largest absolute Gasteiger partial charge is 0.496 e. The van der Waals surface area contributed by atoms with Crippen molar-refractivity contribution in [3.05, 3.63) is 65.2 Å². The summed E-state index contributed by atoms with van der Waals surface area (Å²) in [7, 11) is 5.66. The zero-order chi connectivity index (χ0) is 14.5. The molecule has 1 N–H and O–H groups in total. The fourth-order valence-electron chi connectivity index (χ4n) is 2.36. The normalized spacial score (nSPS) is 12.4. The lowest BCUT2D eigenvalue weighted by atomic mass is 9.95. The lowest BCUT2D eigenvalue weighted by Crippen LogP contribution is -2.15. The molecular weight excluding hydrogens is 250 g/mol. The van der Waals surface area contributed by atoms with Gasteiger partial charge in [0, 0.05) is 12.1 Å². The molecule has 0 aliphatic carbocycles. The van der Waals surface area contributed by atoms with Crippen molar-refractivity contribution in [3.63, 3.8) is 0 Å². The maximum absolute atomic E-state index is 10.7. The van der Waals surface area contributed by atoms with Crippen LogP contribution in [0, 0.1) is 0 Å². The molecule has 0 unspecified atom stereocenters. The Kier molecular flexibility index (Phi) is 4.77. The van der Waals surface area contributed by atoms with Crippen LogP contribution in [0.1, 0.15) is 22.8 Å². The van der Waals surface area contributed by atoms with Crippen LogP contribution in [0.2, 0.25) is 0 Å². The molecule has 3 nitrogen and oxygen atoms in total. The van der Waals surface area contributed by atoms with E-state index in [1.165, 1.54) is 0 Å². The lowest BCUT2D eigenvalue weighted by Gasteiger charge is -2.21. The van der Waals surface area contributed by atoms with E-state index in [9.17, 15) is 5.11 Å². The third-order valence-electron chi connectivity index (χ3n) is 3.25. The third-order valence-corrected chi connectivity index (χ3v) is 3.25. The molecule has 0 saturated heterocycles. The number of hydrogen-bond donors (Lipinski definition) is 1. The quantitative estimate of drug-likeness (QED) is 0.907. The van der Waals surface area contributed by atoms with E-state index in [2.05, 4.69) is 4.90 Å². The molecule has 0 aliphatic rings. The summed E-state index contributed by atoms with van der Waals surface area (Å²) in [5, 5.41) is 10.7. The van der Waals surface area contributed by atoms with Crippen LogP contribution in [0.15, 0.2) is 48.5 Å². The maximum atomic E-state index is 10.7. The first-order valence-electron chi connectivity index (χ1n) is 6.67. The molecule has 106 valence electrons. The monoisotopic (exact) mass is 271 g/mol. The summed E-state index contributed by atoms with van der Waals surface area (Å²) in [6.45, 7) is 0.760. The molecular formula is C17H21NO2. The van der Waals surface area contributed by atoms with Crippen LogP contribution in [0.25, 0.3) is 0 Å². The Labute approximate surface area is 120 Å². The van der Waals surface area contributed by atoms with E-state index in [1.807, 2.05) is 62.6 Å². The number of hydrogen-bond acceptors (Lipinski definition) is 3. The molecule has 0 aromatic heterocycles. The number of benzene rings is 2. The van der Waals surface area contributed by atoms with Gasteiger partial charge in [0.05, 0.1) is 7.11 Å². The van der Waals surface area contributed by atoms with Crippen LogP contribution in [-0.4, -0.2) is 31.2 Å². The van der Waals surface area contributed by atoms with Crippen LogP contribution < -0.4 is 4.74 Å². The molecule has 2 aromatic carbocycles. The molecule has 2 aromatic rings. The van der Waals surface area contributed by atoms with Crippen LogP contribution in [-0.2, 0) is 6.54 Å². The van der Waals surface area contributed by atoms with Gasteiger partial charge in [-0.3, -0.25) is 0 Å². The van der Waals surface area contributed by atoms with Crippen LogP contribution in [0.4, 0.5) is 0 Å². The van der Waals surface area contributed by atoms with Crippen molar-refractivity contribution >= 4 is 0 Å². The van der Waals surface area contributed by atoms with Crippen molar-refractivity contribution in [1.29, 1.82) is 0 Å². The minimum atomic E-state index is -0.678. The summed E-state index contributed by atoms with van der Waals surface area (Å²) < 4.78 is 5.43. The summed E-state index contributed by atoms with van der Waals surface area (Å²) in [5.41, 5.74) is 2.79. The zero-order valence-electron chi connectivity index (χ0n) is 12.2. The molecule has 0 amide bonds. The Hall–Kier alpha value is -1.84. The van der Waals surface area contributed by atoms with Crippen molar-refractivity contribution in [2.75, 3.05) is 21.2 Å². The van der Waals surface area contributed by atoms with E-state index in [0.717, 1.165) is 29.0 Å². The van der Waals surface area contributed by atoms with Gasteiger partial charge >= 0.3 is 0 Å². The number of methoxy groups -OCH3 is 1. The SMILES string of the molecule is COc1cccc(CN(C)C)c1[C@H](O)c1ccccc1. The van der Waals surface area contributed by atoms with Gasteiger partial charge in [0.15, 0.2) is 0 Å². The second kappa shape index (κ2) is 6.55. The number of aliphatic hydroxyl groups is 1. The third kappa shape index (κ3) is 3.18. The summed E-state index contributed by atoms with van der Waals surface area (Å²) in [4.78, 5) is 2.08. The molecule has 0 fully saturated rings. The van der Waals surface area contributed by atoms with E-state index < -0.39 is 6.10 Å². The highest BCUT2D eigenvalue weighted by Gasteiger charge is 2.19. The van der Waals surface area contributed by atoms with Crippen molar-refractivity contribution in [1.82, 2.24) is 4.90 Å². The Morgan fingerprint density at radius 2 is 1.75 bits per heavy atom. The zero-order valence-corrected chi connectivity index (χ0v) is 12.2. The van der Waals surface area contributed by atoms with Crippen LogP contribution in [0.5, 0.6) is 5.75 Å². The molecule has 0 radical (unpaired) electrons. The summed E-state index contributed by atoms with van der Waals surface area (Å²) in [5.74, 6) is 0.723. The molecule has 1 atom stereocenters. The fourth-order valence-corrected chi connectivity index (χ4v) is 2.36. The van der Waals surface area contributed by atoms with E-state index in [-0.39, 0.29) is 0 Å². The molecule has 3 heteroatoms. The van der Waals surface area contributed by atoms with Gasteiger partial charge in [0.1, 0.15) is 11.9 Å². The van der Waals surface area contributed by atoms with Crippen molar-refractivity contribution in [3.8, 4) is 5.75 Å². The summed E-state index contributed by atoms with van der Waals surface area (Å²) in [6, 6.07) is 15.5. The first-order chi connectivity index (χ1) is 9.63. The average Bonchev–Trinajstić information content (AvgIpc) is 2.46. The number of aliphatic hydroxyl groups excluding tert-OH is 1. The minimum absolute atomic E-state index is 0.678. The minimum Gasteiger partial charge on any atom is -0.496 e. The highest BCUT2D eigenvalue weighted by atomic mass is 16.5. The van der Waals surface area contributed by atoms with E-state index in [4.69, 9.17) is 4.74 Å². The average molecular weight is 271 g/mol. The number of nitrogens with zero attached hydrogens (tertiary/aromatic N) is 1. The van der Waals surface area contributed by atoms with Gasteiger partial charge in [-0.1, -0.05) is 42.5 Å². The predicted molar refractivity (Wildman–Crippen MR) is 80.9 cm³/mol. The first-order valence-corrected chi connectivity index (χ1v) is 6.67. The second-order valence-corrected chi connectivity index (χ2v) is 5.08. The Morgan fingerprint density at radius 1 is 1.05 bits per heavy atom. The highest BCUT2D eigenvalue weighted by Crippen LogP contribution is 2.33. The van der Waals surface area contributed by atoms with E-state index in [1.54, 1.807) is 7.11 Å². The predicted octanol–water partition coefficient (Wildman–Crippen LogP) is 2.84. The summed E-state index contributed by atoms with van der Waals surface area (Å²) in [6.07, 6.45) is -0.678. The van der Waals surface area contributed by atoms with Gasteiger partial charge in [0.25, 0.3) is 0 Å². The van der Waals surface area contributed by atoms with Crippen molar-refractivity contribution in [2.24, 2.45) is 0 Å². The first kappa shape index (κ1) is 14.6. The van der Waals surface area contributed by atoms with Crippen molar-refractivity contribution < 1.29 is 9.84 Å². The number of ether oxygens (including phenoxy) is 1. The van der Waals surface area contributed by atoms with Gasteiger partial charge < -0.3 is 14.7 Å². The van der Waals surface area contributed by atoms with Crippen LogP contribution in [0.3, 0.4) is 0 Å². The molecule has 0 spiro atoms. The summed E-state index contributed by atoms with van der Waals surface area (Å²) >= 11 is 0. The molecule has 0 bridgehead atoms. The fraction of sp³-hybridized carbons (Fsp3) is 0.294. The molecule has 0 aliphatic heterocycles. The number of rotatable bonds is 5. The van der Waals surface area contributed by atoms with Gasteiger partial charge in [-0.05, 0) is 31.3 Å². The smallest absolute Gasteiger partial charge is 0.125 e. The second-order valence-electron chi connectivity index (χ2n) is 5.08. The Bertz CT molecular complexity index is 552. The van der Waals surface area contributed by atoms with Gasteiger partial charge in [-0.25, -0.2) is 0 Å². The Morgan fingerprint density at radius 3 is 2.35 bits per heavy atom. The van der Waals surface area contributed by atoms with E-state index >= 15 is 0 Å². The van der Waals surface area contributed by atoms with E-state index in [0.29, 0.717) is 0 Å². The molecule has 2 rings (SSSR count). The van der Waals surface area contributed by atoms with Gasteiger partial charge in [0.2, 0.25) is 0 Å². The lowest BCUT2D eigenvalue weighted by molar-refractivity contribution is 0.212. The topological polar surface area (TPSA) is 32.7 Å². The molecule has 0 saturated carbocycles. The van der Waals surface area contributed by atoms with Crippen molar-refractivity contribution in [2.45, 2.75) is 12.6 Å². The van der Waals surface area contributed by atoms with Crippen LogP contribution >= 0.6 is 0 Å². The Balaban J connectivity index is 2.47. The molecule has 0 heterocycles. The maximum Gasteiger partial charge on any atom is 0.125 e. The standard InChI is InChI=1S/C17H21NO2/c1-18(2)12-14-10-7-11-15(20-3)16(14)17(19)13-8-5-4-6-9-13/h4-11,17,19H,12H2,1-3H3/t17-/m1/s1. The molecule has 20 heavy (non-hydrogen) atoms. The van der Waals surface area contributed by atoms with Gasteiger partial charge in [-0.2, -0.15) is 0 Å². The van der Waals surface area contributed by atoms with Gasteiger partial charge in [-0.15, -0.1) is 0 Å².